The third-order valence-corrected chi connectivity index (χ3v) is 6.72. The van der Waals surface area contributed by atoms with Crippen molar-refractivity contribution < 1.29 is 0 Å². The molecule has 8 aromatic rings. The minimum Gasteiger partial charge on any atom is -0.286 e. The van der Waals surface area contributed by atoms with Crippen molar-refractivity contribution in [1.29, 1.82) is 0 Å². The van der Waals surface area contributed by atoms with Crippen molar-refractivity contribution in [1.82, 2.24) is 32.9 Å². The van der Waals surface area contributed by atoms with Crippen LogP contribution in [-0.2, 0) is 0 Å². The number of nitrogens with zero attached hydrogens (tertiary/aromatic N) is 7. The Bertz CT molecular complexity index is 1920. The maximum absolute atomic E-state index is 5.00. The first-order chi connectivity index (χ1) is 17.8. The number of pyridine rings is 1. The second-order valence-electron chi connectivity index (χ2n) is 8.81. The molecule has 5 heterocycles. The highest BCUT2D eigenvalue weighted by Gasteiger charge is 2.13. The van der Waals surface area contributed by atoms with E-state index in [4.69, 9.17) is 15.0 Å². The van der Waals surface area contributed by atoms with Crippen molar-refractivity contribution in [3.8, 4) is 22.8 Å². The SMILES string of the molecule is c1cc(-c2cccc(-n3ccn4c5ccccc5nc34)n2)cc(-n2ccn3c4ccccc4nc23)c1. The molecule has 0 amide bonds. The molecule has 5 aromatic heterocycles. The number of hydrogen-bond donors (Lipinski definition) is 0. The average Bonchev–Trinajstić information content (AvgIpc) is 3.69. The molecule has 0 aliphatic heterocycles. The zero-order valence-electron chi connectivity index (χ0n) is 19.1. The zero-order chi connectivity index (χ0) is 23.6. The smallest absolute Gasteiger partial charge is 0.220 e. The predicted octanol–water partition coefficient (Wildman–Crippen LogP) is 5.93. The lowest BCUT2D eigenvalue weighted by molar-refractivity contribution is 1.02. The lowest BCUT2D eigenvalue weighted by atomic mass is 10.1. The van der Waals surface area contributed by atoms with E-state index >= 15 is 0 Å². The molecule has 0 fully saturated rings. The Labute approximate surface area is 205 Å². The number of rotatable bonds is 3. The van der Waals surface area contributed by atoms with Crippen molar-refractivity contribution in [3.05, 3.63) is 116 Å². The summed E-state index contributed by atoms with van der Waals surface area (Å²) >= 11 is 0. The largest absolute Gasteiger partial charge is 0.286 e. The quantitative estimate of drug-likeness (QED) is 0.325. The Hall–Kier alpha value is -5.17. The van der Waals surface area contributed by atoms with Gasteiger partial charge in [-0.2, -0.15) is 0 Å². The molecule has 7 nitrogen and oxygen atoms in total. The van der Waals surface area contributed by atoms with Gasteiger partial charge >= 0.3 is 0 Å². The Morgan fingerprint density at radius 2 is 1.14 bits per heavy atom. The van der Waals surface area contributed by atoms with Crippen LogP contribution in [0.2, 0.25) is 0 Å². The first-order valence-electron chi connectivity index (χ1n) is 11.8. The highest BCUT2D eigenvalue weighted by atomic mass is 15.2. The summed E-state index contributed by atoms with van der Waals surface area (Å²) in [6.07, 6.45) is 8.15. The molecule has 0 spiro atoms. The molecule has 0 saturated heterocycles. The summed E-state index contributed by atoms with van der Waals surface area (Å²) in [5.41, 5.74) is 7.10. The van der Waals surface area contributed by atoms with Crippen LogP contribution in [0.25, 0.3) is 56.4 Å². The summed E-state index contributed by atoms with van der Waals surface area (Å²) < 4.78 is 8.35. The first kappa shape index (κ1) is 19.2. The van der Waals surface area contributed by atoms with Crippen LogP contribution >= 0.6 is 0 Å². The summed E-state index contributed by atoms with van der Waals surface area (Å²) in [6, 6.07) is 30.8. The summed E-state index contributed by atoms with van der Waals surface area (Å²) in [5, 5.41) is 0. The molecule has 36 heavy (non-hydrogen) atoms. The number of aromatic nitrogens is 7. The van der Waals surface area contributed by atoms with E-state index in [-0.39, 0.29) is 0 Å². The third kappa shape index (κ3) is 2.71. The van der Waals surface area contributed by atoms with Crippen LogP contribution in [0.1, 0.15) is 0 Å². The van der Waals surface area contributed by atoms with Crippen molar-refractivity contribution in [2.45, 2.75) is 0 Å². The Kier molecular flexibility index (Phi) is 3.81. The molecular formula is C29H19N7. The van der Waals surface area contributed by atoms with Crippen molar-refractivity contribution >= 4 is 33.6 Å². The second-order valence-corrected chi connectivity index (χ2v) is 8.81. The van der Waals surface area contributed by atoms with Crippen LogP contribution in [0, 0.1) is 0 Å². The molecule has 0 atom stereocenters. The van der Waals surface area contributed by atoms with E-state index in [2.05, 4.69) is 62.2 Å². The molecule has 0 saturated carbocycles. The number of hydrogen-bond acceptors (Lipinski definition) is 3. The van der Waals surface area contributed by atoms with Gasteiger partial charge in [-0.25, -0.2) is 15.0 Å². The summed E-state index contributed by atoms with van der Waals surface area (Å²) in [5.74, 6) is 2.55. The van der Waals surface area contributed by atoms with Gasteiger partial charge in [-0.1, -0.05) is 42.5 Å². The van der Waals surface area contributed by atoms with Crippen LogP contribution in [0.15, 0.2) is 116 Å². The van der Waals surface area contributed by atoms with E-state index in [1.807, 2.05) is 71.6 Å². The fraction of sp³-hybridized carbons (Fsp3) is 0. The topological polar surface area (TPSA) is 57.4 Å². The van der Waals surface area contributed by atoms with Crippen molar-refractivity contribution in [3.63, 3.8) is 0 Å². The van der Waals surface area contributed by atoms with Gasteiger partial charge in [-0.15, -0.1) is 0 Å². The van der Waals surface area contributed by atoms with Gasteiger partial charge in [0.1, 0.15) is 5.82 Å². The standard InChI is InChI=1S/C29H19N7/c1-3-12-25-23(9-1)31-28-33(15-16-34(25)28)21-8-5-7-20(19-21)22-11-6-14-27(30-22)36-18-17-35-26-13-4-2-10-24(26)32-29(35)36/h1-19H. The predicted molar refractivity (Wildman–Crippen MR) is 141 cm³/mol. The molecule has 0 radical (unpaired) electrons. The zero-order valence-corrected chi connectivity index (χ0v) is 19.1. The van der Waals surface area contributed by atoms with Crippen molar-refractivity contribution in [2.24, 2.45) is 0 Å². The monoisotopic (exact) mass is 465 g/mol. The van der Waals surface area contributed by atoms with Gasteiger partial charge in [0.2, 0.25) is 11.6 Å². The van der Waals surface area contributed by atoms with Gasteiger partial charge in [0.25, 0.3) is 0 Å². The Morgan fingerprint density at radius 1 is 0.500 bits per heavy atom. The fourth-order valence-corrected chi connectivity index (χ4v) is 5.01. The first-order valence-corrected chi connectivity index (χ1v) is 11.8. The van der Waals surface area contributed by atoms with Crippen LogP contribution in [-0.4, -0.2) is 32.9 Å². The van der Waals surface area contributed by atoms with Gasteiger partial charge in [0, 0.05) is 36.0 Å². The third-order valence-electron chi connectivity index (χ3n) is 6.72. The number of para-hydroxylation sites is 4. The Balaban J connectivity index is 1.23. The van der Waals surface area contributed by atoms with Gasteiger partial charge < -0.3 is 0 Å². The van der Waals surface area contributed by atoms with Gasteiger partial charge in [0.05, 0.1) is 27.8 Å². The summed E-state index contributed by atoms with van der Waals surface area (Å²) in [4.78, 5) is 14.7. The molecule has 0 N–H and O–H groups in total. The fourth-order valence-electron chi connectivity index (χ4n) is 5.01. The van der Waals surface area contributed by atoms with E-state index in [0.29, 0.717) is 0 Å². The normalized spacial score (nSPS) is 11.9. The molecule has 7 heteroatoms. The van der Waals surface area contributed by atoms with E-state index in [0.717, 1.165) is 56.4 Å². The van der Waals surface area contributed by atoms with Crippen LogP contribution in [0.3, 0.4) is 0 Å². The number of fused-ring (bicyclic) bond motifs is 6. The lowest BCUT2D eigenvalue weighted by Gasteiger charge is -2.08. The molecule has 0 unspecified atom stereocenters. The summed E-state index contributed by atoms with van der Waals surface area (Å²) in [7, 11) is 0. The van der Waals surface area contributed by atoms with Crippen LogP contribution in [0.4, 0.5) is 0 Å². The highest BCUT2D eigenvalue weighted by molar-refractivity contribution is 5.81. The molecule has 8 rings (SSSR count). The summed E-state index contributed by atoms with van der Waals surface area (Å²) in [6.45, 7) is 0. The Morgan fingerprint density at radius 3 is 1.89 bits per heavy atom. The lowest BCUT2D eigenvalue weighted by Crippen LogP contribution is -1.99. The van der Waals surface area contributed by atoms with E-state index in [1.165, 1.54) is 0 Å². The molecular weight excluding hydrogens is 446 g/mol. The average molecular weight is 466 g/mol. The van der Waals surface area contributed by atoms with E-state index in [1.54, 1.807) is 0 Å². The molecule has 0 aliphatic carbocycles. The second kappa shape index (κ2) is 7.16. The molecule has 0 aliphatic rings. The molecule has 170 valence electrons. The highest BCUT2D eigenvalue weighted by Crippen LogP contribution is 2.26. The maximum atomic E-state index is 5.00. The van der Waals surface area contributed by atoms with Crippen LogP contribution in [0.5, 0.6) is 0 Å². The van der Waals surface area contributed by atoms with Gasteiger partial charge in [0.15, 0.2) is 0 Å². The minimum absolute atomic E-state index is 0.825. The van der Waals surface area contributed by atoms with Gasteiger partial charge in [-0.05, 0) is 48.5 Å². The number of benzene rings is 3. The van der Waals surface area contributed by atoms with Crippen LogP contribution < -0.4 is 0 Å². The van der Waals surface area contributed by atoms with E-state index in [9.17, 15) is 0 Å². The maximum Gasteiger partial charge on any atom is 0.220 e. The molecule has 3 aromatic carbocycles. The van der Waals surface area contributed by atoms with Gasteiger partial charge in [-0.3, -0.25) is 17.9 Å². The van der Waals surface area contributed by atoms with Crippen molar-refractivity contribution in [2.75, 3.05) is 0 Å². The number of imidazole rings is 4. The minimum atomic E-state index is 0.825. The molecule has 0 bridgehead atoms. The van der Waals surface area contributed by atoms with E-state index < -0.39 is 0 Å².